The Labute approximate surface area is 172 Å². The van der Waals surface area contributed by atoms with Crippen molar-refractivity contribution in [3.8, 4) is 0 Å². The number of benzene rings is 1. The summed E-state index contributed by atoms with van der Waals surface area (Å²) in [6.07, 6.45) is -0.0387. The number of carboxylic acid groups (broad SMARTS) is 1. The lowest BCUT2D eigenvalue weighted by atomic mass is 10.0. The number of amides is 1. The largest absolute Gasteiger partial charge is 0.476 e. The number of carbonyl (C=O) groups is 2. The summed E-state index contributed by atoms with van der Waals surface area (Å²) >= 11 is 6.00. The highest BCUT2D eigenvalue weighted by Gasteiger charge is 2.28. The lowest BCUT2D eigenvalue weighted by Crippen LogP contribution is -2.41. The van der Waals surface area contributed by atoms with Crippen LogP contribution in [0.1, 0.15) is 42.1 Å². The molecule has 1 aromatic heterocycles. The molecule has 10 heteroatoms. The highest BCUT2D eigenvalue weighted by molar-refractivity contribution is 6.32. The van der Waals surface area contributed by atoms with Crippen molar-refractivity contribution in [3.05, 3.63) is 52.1 Å². The molecule has 0 saturated carbocycles. The van der Waals surface area contributed by atoms with Crippen molar-refractivity contribution in [1.29, 1.82) is 0 Å². The Balaban J connectivity index is 0.00000145. The predicted octanol–water partition coefficient (Wildman–Crippen LogP) is 2.84. The van der Waals surface area contributed by atoms with E-state index in [4.69, 9.17) is 22.4 Å². The van der Waals surface area contributed by atoms with Crippen molar-refractivity contribution in [1.82, 2.24) is 14.5 Å². The number of fused-ring (bicyclic) bond motifs is 1. The number of rotatable bonds is 5. The van der Waals surface area contributed by atoms with Gasteiger partial charge in [0.05, 0.1) is 6.54 Å². The molecule has 0 fully saturated rings. The molecule has 3 rings (SSSR count). The van der Waals surface area contributed by atoms with Crippen LogP contribution in [0.4, 0.5) is 8.78 Å². The van der Waals surface area contributed by atoms with E-state index in [0.29, 0.717) is 18.9 Å². The Kier molecular flexibility index (Phi) is 7.69. The Bertz CT molecular complexity index is 904. The quantitative estimate of drug-likeness (QED) is 0.762. The van der Waals surface area contributed by atoms with Gasteiger partial charge in [-0.05, 0) is 30.2 Å². The molecule has 0 aliphatic carbocycles. The molecular weight excluding hydrogens is 406 g/mol. The number of aromatic carboxylic acids is 1. The van der Waals surface area contributed by atoms with E-state index in [0.717, 1.165) is 18.2 Å². The lowest BCUT2D eigenvalue weighted by Gasteiger charge is -2.29. The molecule has 0 saturated heterocycles. The second-order valence-corrected chi connectivity index (χ2v) is 6.70. The molecule has 29 heavy (non-hydrogen) atoms. The minimum absolute atomic E-state index is 0.0206. The SMILES string of the molecule is CC.N[C@@H](CC(=O)N1CCn2c(nc(C(=O)O)c2Cl)C1)Cc1cc(F)ccc1F. The van der Waals surface area contributed by atoms with Crippen molar-refractivity contribution < 1.29 is 23.5 Å². The van der Waals surface area contributed by atoms with Crippen LogP contribution in [0.5, 0.6) is 0 Å². The third-order valence-corrected chi connectivity index (χ3v) is 4.78. The van der Waals surface area contributed by atoms with E-state index >= 15 is 0 Å². The first-order valence-electron chi connectivity index (χ1n) is 9.21. The van der Waals surface area contributed by atoms with Crippen molar-refractivity contribution in [2.75, 3.05) is 6.54 Å². The molecule has 1 aromatic carbocycles. The molecule has 2 aromatic rings. The topological polar surface area (TPSA) is 101 Å². The van der Waals surface area contributed by atoms with Crippen LogP contribution in [0.2, 0.25) is 5.15 Å². The fourth-order valence-electron chi connectivity index (χ4n) is 3.05. The van der Waals surface area contributed by atoms with Gasteiger partial charge in [-0.25, -0.2) is 18.6 Å². The molecule has 1 aliphatic heterocycles. The van der Waals surface area contributed by atoms with Gasteiger partial charge in [0.25, 0.3) is 0 Å². The summed E-state index contributed by atoms with van der Waals surface area (Å²) in [6.45, 7) is 4.74. The molecule has 1 aliphatic rings. The maximum absolute atomic E-state index is 13.7. The summed E-state index contributed by atoms with van der Waals surface area (Å²) in [4.78, 5) is 29.0. The van der Waals surface area contributed by atoms with E-state index in [2.05, 4.69) is 4.98 Å². The number of nitrogens with zero attached hydrogens (tertiary/aromatic N) is 3. The summed E-state index contributed by atoms with van der Waals surface area (Å²) in [5.74, 6) is -2.28. The lowest BCUT2D eigenvalue weighted by molar-refractivity contribution is -0.133. The highest BCUT2D eigenvalue weighted by Crippen LogP contribution is 2.23. The molecular formula is C19H23ClF2N4O3. The zero-order valence-corrected chi connectivity index (χ0v) is 16.9. The van der Waals surface area contributed by atoms with Crippen LogP contribution < -0.4 is 5.73 Å². The number of hydrogen-bond acceptors (Lipinski definition) is 4. The number of imidazole rings is 1. The van der Waals surface area contributed by atoms with E-state index in [1.807, 2.05) is 13.8 Å². The molecule has 1 atom stereocenters. The monoisotopic (exact) mass is 428 g/mol. The Morgan fingerprint density at radius 3 is 2.66 bits per heavy atom. The smallest absolute Gasteiger partial charge is 0.357 e. The minimum Gasteiger partial charge on any atom is -0.476 e. The molecule has 1 amide bonds. The number of carboxylic acids is 1. The van der Waals surface area contributed by atoms with Crippen molar-refractivity contribution >= 4 is 23.5 Å². The van der Waals surface area contributed by atoms with Gasteiger partial charge in [-0.1, -0.05) is 25.4 Å². The van der Waals surface area contributed by atoms with Crippen LogP contribution in [0.15, 0.2) is 18.2 Å². The van der Waals surface area contributed by atoms with Crippen LogP contribution in [0.3, 0.4) is 0 Å². The van der Waals surface area contributed by atoms with Crippen molar-refractivity contribution in [2.24, 2.45) is 5.73 Å². The molecule has 158 valence electrons. The van der Waals surface area contributed by atoms with Crippen LogP contribution in [-0.4, -0.2) is 44.0 Å². The van der Waals surface area contributed by atoms with Crippen LogP contribution >= 0.6 is 11.6 Å². The average Bonchev–Trinajstić information content (AvgIpc) is 3.02. The summed E-state index contributed by atoms with van der Waals surface area (Å²) in [5.41, 5.74) is 5.80. The number of nitrogens with two attached hydrogens (primary N) is 1. The average molecular weight is 429 g/mol. The molecule has 2 heterocycles. The van der Waals surface area contributed by atoms with Gasteiger partial charge in [-0.15, -0.1) is 0 Å². The molecule has 0 bridgehead atoms. The highest BCUT2D eigenvalue weighted by atomic mass is 35.5. The second kappa shape index (κ2) is 9.80. The molecule has 0 radical (unpaired) electrons. The zero-order valence-electron chi connectivity index (χ0n) is 16.2. The predicted molar refractivity (Wildman–Crippen MR) is 104 cm³/mol. The van der Waals surface area contributed by atoms with E-state index in [1.165, 1.54) is 4.90 Å². The zero-order chi connectivity index (χ0) is 21.7. The Morgan fingerprint density at radius 2 is 2.00 bits per heavy atom. The summed E-state index contributed by atoms with van der Waals surface area (Å²) in [5, 5.41) is 9.11. The van der Waals surface area contributed by atoms with Crippen molar-refractivity contribution in [3.63, 3.8) is 0 Å². The van der Waals surface area contributed by atoms with Crippen molar-refractivity contribution in [2.45, 2.75) is 45.8 Å². The Hall–Kier alpha value is -2.52. The summed E-state index contributed by atoms with van der Waals surface area (Å²) < 4.78 is 28.5. The third kappa shape index (κ3) is 5.30. The van der Waals surface area contributed by atoms with E-state index in [9.17, 15) is 18.4 Å². The van der Waals surface area contributed by atoms with E-state index < -0.39 is 23.6 Å². The number of halogens is 3. The van der Waals surface area contributed by atoms with E-state index in [-0.39, 0.29) is 41.7 Å². The number of carbonyl (C=O) groups excluding carboxylic acids is 1. The summed E-state index contributed by atoms with van der Waals surface area (Å²) in [7, 11) is 0. The number of hydrogen-bond donors (Lipinski definition) is 2. The Morgan fingerprint density at radius 1 is 1.31 bits per heavy atom. The standard InChI is InChI=1S/C17H17ClF2N4O3.C2H6/c18-16-15(17(26)27)22-13-8-23(3-4-24(13)16)14(25)7-11(21)6-9-5-10(19)1-2-12(9)20;1-2/h1-2,5,11H,3-4,6-8,21H2,(H,26,27);1-2H3/t11-;/m1./s1. The van der Waals surface area contributed by atoms with Gasteiger partial charge >= 0.3 is 5.97 Å². The molecule has 0 unspecified atom stereocenters. The minimum atomic E-state index is -1.24. The number of aromatic nitrogens is 2. The summed E-state index contributed by atoms with van der Waals surface area (Å²) in [6, 6.07) is 2.41. The first-order chi connectivity index (χ1) is 13.8. The van der Waals surface area contributed by atoms with Gasteiger partial charge in [0.1, 0.15) is 22.6 Å². The maximum Gasteiger partial charge on any atom is 0.357 e. The van der Waals surface area contributed by atoms with Crippen LogP contribution in [-0.2, 0) is 24.3 Å². The van der Waals surface area contributed by atoms with Gasteiger partial charge in [0, 0.05) is 25.6 Å². The van der Waals surface area contributed by atoms with Crippen LogP contribution in [0.25, 0.3) is 0 Å². The van der Waals surface area contributed by atoms with Gasteiger partial charge in [0.15, 0.2) is 5.69 Å². The van der Waals surface area contributed by atoms with Gasteiger partial charge in [0.2, 0.25) is 5.91 Å². The van der Waals surface area contributed by atoms with E-state index in [1.54, 1.807) is 4.57 Å². The first kappa shape index (κ1) is 22.8. The molecule has 7 nitrogen and oxygen atoms in total. The van der Waals surface area contributed by atoms with Crippen LogP contribution in [0, 0.1) is 11.6 Å². The maximum atomic E-state index is 13.7. The normalized spacial score (nSPS) is 13.9. The third-order valence-electron chi connectivity index (χ3n) is 4.39. The van der Waals surface area contributed by atoms with Gasteiger partial charge < -0.3 is 20.3 Å². The van der Waals surface area contributed by atoms with Gasteiger partial charge in [-0.2, -0.15) is 0 Å². The second-order valence-electron chi connectivity index (χ2n) is 6.34. The first-order valence-corrected chi connectivity index (χ1v) is 9.59. The molecule has 3 N–H and O–H groups in total. The van der Waals surface area contributed by atoms with Gasteiger partial charge in [-0.3, -0.25) is 4.79 Å². The fourth-order valence-corrected chi connectivity index (χ4v) is 3.36. The fraction of sp³-hybridized carbons (Fsp3) is 0.421. The molecule has 0 spiro atoms.